The molecule has 2 aromatic rings. The van der Waals surface area contributed by atoms with E-state index in [4.69, 9.17) is 10.5 Å². The van der Waals surface area contributed by atoms with Crippen LogP contribution in [0.5, 0.6) is 0 Å². The fourth-order valence-corrected chi connectivity index (χ4v) is 2.92. The van der Waals surface area contributed by atoms with Crippen LogP contribution in [0.2, 0.25) is 0 Å². The Hall–Kier alpha value is -2.84. The number of nitrogens with one attached hydrogen (secondary N) is 2. The minimum Gasteiger partial charge on any atom is -0.263 e. The molecule has 100 valence electrons. The first-order chi connectivity index (χ1) is 9.47. The summed E-state index contributed by atoms with van der Waals surface area (Å²) in [4.78, 5) is 0.0370. The third-order valence-corrected chi connectivity index (χ3v) is 4.10. The van der Waals surface area contributed by atoms with Crippen LogP contribution < -0.4 is 4.72 Å². The number of nitrogens with zero attached hydrogens (tertiary/aromatic N) is 3. The van der Waals surface area contributed by atoms with Gasteiger partial charge in [0.15, 0.2) is 5.82 Å². The molecule has 0 bridgehead atoms. The van der Waals surface area contributed by atoms with Crippen molar-refractivity contribution in [2.45, 2.75) is 11.8 Å². The summed E-state index contributed by atoms with van der Waals surface area (Å²) in [6, 6.07) is 8.00. The molecular formula is C12H9N5O2S. The normalized spacial score (nSPS) is 10.6. The van der Waals surface area contributed by atoms with Crippen molar-refractivity contribution in [1.29, 1.82) is 10.5 Å². The van der Waals surface area contributed by atoms with E-state index in [1.807, 2.05) is 12.1 Å². The summed E-state index contributed by atoms with van der Waals surface area (Å²) in [6.07, 6.45) is 1.23. The highest BCUT2D eigenvalue weighted by Gasteiger charge is 2.19. The summed E-state index contributed by atoms with van der Waals surface area (Å²) >= 11 is 0. The molecule has 0 saturated heterocycles. The van der Waals surface area contributed by atoms with Crippen molar-refractivity contribution in [3.8, 4) is 12.1 Å². The molecule has 0 atom stereocenters. The fourth-order valence-electron chi connectivity index (χ4n) is 1.66. The number of benzene rings is 1. The molecule has 0 saturated carbocycles. The van der Waals surface area contributed by atoms with E-state index in [-0.39, 0.29) is 16.3 Å². The van der Waals surface area contributed by atoms with Gasteiger partial charge < -0.3 is 0 Å². The SMILES string of the molecule is Cc1cc(C#N)ccc1S(=O)(=O)Nc1[nH]ncc1C#N. The summed E-state index contributed by atoms with van der Waals surface area (Å²) in [5.74, 6) is 0.0104. The predicted molar refractivity (Wildman–Crippen MR) is 70.0 cm³/mol. The molecule has 0 aliphatic carbocycles. The van der Waals surface area contributed by atoms with E-state index < -0.39 is 10.0 Å². The first-order valence-corrected chi connectivity index (χ1v) is 6.93. The Labute approximate surface area is 115 Å². The van der Waals surface area contributed by atoms with Crippen LogP contribution in [-0.4, -0.2) is 18.6 Å². The van der Waals surface area contributed by atoms with Crippen LogP contribution in [0.1, 0.15) is 16.7 Å². The fraction of sp³-hybridized carbons (Fsp3) is 0.0833. The zero-order valence-corrected chi connectivity index (χ0v) is 11.2. The number of hydrogen-bond donors (Lipinski definition) is 2. The van der Waals surface area contributed by atoms with Gasteiger partial charge in [-0.2, -0.15) is 15.6 Å². The number of hydrogen-bond acceptors (Lipinski definition) is 5. The van der Waals surface area contributed by atoms with Gasteiger partial charge in [0.25, 0.3) is 10.0 Å². The second kappa shape index (κ2) is 5.03. The van der Waals surface area contributed by atoms with Gasteiger partial charge in [0, 0.05) is 0 Å². The Morgan fingerprint density at radius 3 is 2.65 bits per heavy atom. The van der Waals surface area contributed by atoms with Gasteiger partial charge in [-0.05, 0) is 30.7 Å². The van der Waals surface area contributed by atoms with E-state index in [0.29, 0.717) is 11.1 Å². The van der Waals surface area contributed by atoms with Gasteiger partial charge in [-0.25, -0.2) is 8.42 Å². The third-order valence-electron chi connectivity index (χ3n) is 2.59. The molecule has 2 rings (SSSR count). The highest BCUT2D eigenvalue weighted by atomic mass is 32.2. The van der Waals surface area contributed by atoms with Gasteiger partial charge >= 0.3 is 0 Å². The topological polar surface area (TPSA) is 122 Å². The van der Waals surface area contributed by atoms with E-state index in [2.05, 4.69) is 14.9 Å². The summed E-state index contributed by atoms with van der Waals surface area (Å²) in [7, 11) is -3.85. The van der Waals surface area contributed by atoms with E-state index in [0.717, 1.165) is 0 Å². The number of nitriles is 2. The number of sulfonamides is 1. The van der Waals surface area contributed by atoms with Gasteiger partial charge in [0.2, 0.25) is 0 Å². The number of anilines is 1. The van der Waals surface area contributed by atoms with Gasteiger partial charge in [0.05, 0.1) is 22.7 Å². The predicted octanol–water partition coefficient (Wildman–Crippen LogP) is 1.26. The standard InChI is InChI=1S/C12H9N5O2S/c1-8-4-9(5-13)2-3-11(8)20(18,19)17-12-10(6-14)7-15-16-12/h2-4,7H,1H3,(H2,15,16,17). The van der Waals surface area contributed by atoms with Crippen LogP contribution in [0.4, 0.5) is 5.82 Å². The van der Waals surface area contributed by atoms with Gasteiger partial charge in [-0.15, -0.1) is 0 Å². The van der Waals surface area contributed by atoms with Crippen molar-refractivity contribution in [3.05, 3.63) is 41.1 Å². The number of H-pyrrole nitrogens is 1. The summed E-state index contributed by atoms with van der Waals surface area (Å²) in [6.45, 7) is 1.59. The molecule has 0 fully saturated rings. The molecule has 0 aliphatic rings. The minimum absolute atomic E-state index is 0.0104. The first-order valence-electron chi connectivity index (χ1n) is 5.45. The minimum atomic E-state index is -3.85. The van der Waals surface area contributed by atoms with Crippen LogP contribution in [0.15, 0.2) is 29.3 Å². The largest absolute Gasteiger partial charge is 0.263 e. The van der Waals surface area contributed by atoms with E-state index in [9.17, 15) is 8.42 Å². The molecule has 0 unspecified atom stereocenters. The second-order valence-corrected chi connectivity index (χ2v) is 5.62. The highest BCUT2D eigenvalue weighted by molar-refractivity contribution is 7.92. The summed E-state index contributed by atoms with van der Waals surface area (Å²) in [5, 5.41) is 23.6. The average Bonchev–Trinajstić information content (AvgIpc) is 2.84. The number of aryl methyl sites for hydroxylation is 1. The van der Waals surface area contributed by atoms with Gasteiger partial charge in [0.1, 0.15) is 11.6 Å². The Kier molecular flexibility index (Phi) is 3.42. The zero-order chi connectivity index (χ0) is 14.8. The lowest BCUT2D eigenvalue weighted by Gasteiger charge is -2.09. The van der Waals surface area contributed by atoms with Gasteiger partial charge in [-0.3, -0.25) is 9.82 Å². The molecule has 8 heteroatoms. The van der Waals surface area contributed by atoms with Crippen LogP contribution in [-0.2, 0) is 10.0 Å². The van der Waals surface area contributed by atoms with Gasteiger partial charge in [-0.1, -0.05) is 0 Å². The molecule has 2 N–H and O–H groups in total. The van der Waals surface area contributed by atoms with Crippen molar-refractivity contribution >= 4 is 15.8 Å². The number of aromatic nitrogens is 2. The first kappa shape index (κ1) is 13.6. The molecule has 1 heterocycles. The molecule has 1 aromatic carbocycles. The maximum Gasteiger partial charge on any atom is 0.263 e. The third kappa shape index (κ3) is 2.46. The Morgan fingerprint density at radius 2 is 2.05 bits per heavy atom. The summed E-state index contributed by atoms with van der Waals surface area (Å²) in [5.41, 5.74) is 0.912. The lowest BCUT2D eigenvalue weighted by Crippen LogP contribution is -2.15. The maximum absolute atomic E-state index is 12.2. The molecular weight excluding hydrogens is 278 g/mol. The molecule has 1 aromatic heterocycles. The zero-order valence-electron chi connectivity index (χ0n) is 10.4. The number of aromatic amines is 1. The Bertz CT molecular complexity index is 839. The molecule has 20 heavy (non-hydrogen) atoms. The Morgan fingerprint density at radius 1 is 1.30 bits per heavy atom. The second-order valence-electron chi connectivity index (χ2n) is 3.97. The quantitative estimate of drug-likeness (QED) is 0.879. The maximum atomic E-state index is 12.2. The van der Waals surface area contributed by atoms with Crippen molar-refractivity contribution in [3.63, 3.8) is 0 Å². The number of rotatable bonds is 3. The lowest BCUT2D eigenvalue weighted by atomic mass is 10.2. The molecule has 0 radical (unpaired) electrons. The van der Waals surface area contributed by atoms with E-state index in [1.165, 1.54) is 24.4 Å². The van der Waals surface area contributed by atoms with Crippen molar-refractivity contribution in [2.75, 3.05) is 4.72 Å². The lowest BCUT2D eigenvalue weighted by molar-refractivity contribution is 0.600. The monoisotopic (exact) mass is 287 g/mol. The van der Waals surface area contributed by atoms with E-state index >= 15 is 0 Å². The molecule has 0 spiro atoms. The molecule has 0 amide bonds. The van der Waals surface area contributed by atoms with Crippen molar-refractivity contribution < 1.29 is 8.42 Å². The van der Waals surface area contributed by atoms with Crippen LogP contribution in [0, 0.1) is 29.6 Å². The van der Waals surface area contributed by atoms with Crippen LogP contribution in [0.3, 0.4) is 0 Å². The molecule has 7 nitrogen and oxygen atoms in total. The van der Waals surface area contributed by atoms with Crippen molar-refractivity contribution in [2.24, 2.45) is 0 Å². The highest BCUT2D eigenvalue weighted by Crippen LogP contribution is 2.20. The smallest absolute Gasteiger partial charge is 0.263 e. The summed E-state index contributed by atoms with van der Waals surface area (Å²) < 4.78 is 26.7. The molecule has 0 aliphatic heterocycles. The van der Waals surface area contributed by atoms with Crippen LogP contribution in [0.25, 0.3) is 0 Å². The Balaban J connectivity index is 2.42. The average molecular weight is 287 g/mol. The van der Waals surface area contributed by atoms with E-state index in [1.54, 1.807) is 6.92 Å². The van der Waals surface area contributed by atoms with Crippen molar-refractivity contribution in [1.82, 2.24) is 10.2 Å². The van der Waals surface area contributed by atoms with Crippen LogP contribution >= 0.6 is 0 Å².